The highest BCUT2D eigenvalue weighted by Crippen LogP contribution is 2.57. The van der Waals surface area contributed by atoms with Crippen molar-refractivity contribution in [3.05, 3.63) is 18.0 Å². The summed E-state index contributed by atoms with van der Waals surface area (Å²) in [6.45, 7) is 2.95. The van der Waals surface area contributed by atoms with Crippen molar-refractivity contribution in [2.75, 3.05) is 26.8 Å². The van der Waals surface area contributed by atoms with Crippen molar-refractivity contribution in [2.45, 2.75) is 38.5 Å². The van der Waals surface area contributed by atoms with Crippen LogP contribution >= 0.6 is 0 Å². The van der Waals surface area contributed by atoms with Gasteiger partial charge in [-0.3, -0.25) is 4.68 Å². The van der Waals surface area contributed by atoms with Crippen molar-refractivity contribution in [3.63, 3.8) is 0 Å². The van der Waals surface area contributed by atoms with Gasteiger partial charge in [0.05, 0.1) is 6.61 Å². The monoisotopic (exact) mass is 291 g/mol. The van der Waals surface area contributed by atoms with Gasteiger partial charge in [0.15, 0.2) is 0 Å². The summed E-state index contributed by atoms with van der Waals surface area (Å²) in [5.74, 6) is 1.93. The maximum Gasteiger partial charge on any atom is 0.0587 e. The molecule has 3 atom stereocenters. The first-order chi connectivity index (χ1) is 10.2. The topological polar surface area (TPSA) is 39.1 Å². The lowest BCUT2D eigenvalue weighted by molar-refractivity contribution is 0.134. The van der Waals surface area contributed by atoms with Gasteiger partial charge in [0.1, 0.15) is 0 Å². The summed E-state index contributed by atoms with van der Waals surface area (Å²) >= 11 is 0. The van der Waals surface area contributed by atoms with Gasteiger partial charge in [0.25, 0.3) is 0 Å². The number of fused-ring (bicyclic) bond motifs is 2. The molecular weight excluding hydrogens is 262 g/mol. The van der Waals surface area contributed by atoms with Crippen LogP contribution in [-0.2, 0) is 18.2 Å². The minimum absolute atomic E-state index is 0.515. The predicted octanol–water partition coefficient (Wildman–Crippen LogP) is 2.40. The van der Waals surface area contributed by atoms with E-state index >= 15 is 0 Å². The number of rotatable bonds is 8. The Morgan fingerprint density at radius 1 is 1.48 bits per heavy atom. The molecule has 2 aliphatic carbocycles. The normalized spacial score (nSPS) is 31.1. The van der Waals surface area contributed by atoms with Crippen LogP contribution in [0.5, 0.6) is 0 Å². The van der Waals surface area contributed by atoms with Crippen LogP contribution in [-0.4, -0.2) is 36.6 Å². The molecule has 0 radical (unpaired) electrons. The summed E-state index contributed by atoms with van der Waals surface area (Å²) in [4.78, 5) is 0. The van der Waals surface area contributed by atoms with Crippen LogP contribution in [0.4, 0.5) is 0 Å². The van der Waals surface area contributed by atoms with Gasteiger partial charge in [-0.15, -0.1) is 0 Å². The number of nitrogens with zero attached hydrogens (tertiary/aromatic N) is 2. The van der Waals surface area contributed by atoms with E-state index < -0.39 is 0 Å². The highest BCUT2D eigenvalue weighted by atomic mass is 16.5. The Morgan fingerprint density at radius 3 is 3.00 bits per heavy atom. The molecule has 0 spiro atoms. The molecule has 21 heavy (non-hydrogen) atoms. The second-order valence-corrected chi connectivity index (χ2v) is 7.06. The summed E-state index contributed by atoms with van der Waals surface area (Å²) in [6.07, 6.45) is 10.2. The van der Waals surface area contributed by atoms with Crippen LogP contribution < -0.4 is 5.32 Å². The zero-order valence-electron chi connectivity index (χ0n) is 13.5. The minimum Gasteiger partial charge on any atom is -0.383 e. The molecule has 2 fully saturated rings. The van der Waals surface area contributed by atoms with Gasteiger partial charge < -0.3 is 10.1 Å². The summed E-state index contributed by atoms with van der Waals surface area (Å²) in [6, 6.07) is 2.17. The largest absolute Gasteiger partial charge is 0.383 e. The Bertz CT molecular complexity index is 459. The third-order valence-corrected chi connectivity index (χ3v) is 5.86. The lowest BCUT2D eigenvalue weighted by Crippen LogP contribution is -2.40. The molecule has 1 N–H and O–H groups in total. The van der Waals surface area contributed by atoms with E-state index in [1.165, 1.54) is 37.8 Å². The highest BCUT2D eigenvalue weighted by Gasteiger charge is 2.49. The van der Waals surface area contributed by atoms with Crippen molar-refractivity contribution in [2.24, 2.45) is 24.3 Å². The number of hydrogen-bond donors (Lipinski definition) is 1. The van der Waals surface area contributed by atoms with Crippen molar-refractivity contribution >= 4 is 0 Å². The molecule has 2 saturated carbocycles. The number of nitrogens with one attached hydrogen (secondary N) is 1. The molecule has 2 aliphatic rings. The van der Waals surface area contributed by atoms with Gasteiger partial charge in [-0.25, -0.2) is 0 Å². The lowest BCUT2D eigenvalue weighted by atomic mass is 9.70. The van der Waals surface area contributed by atoms with E-state index in [2.05, 4.69) is 23.5 Å². The zero-order valence-corrected chi connectivity index (χ0v) is 13.5. The Labute approximate surface area is 128 Å². The van der Waals surface area contributed by atoms with Crippen LogP contribution in [0.2, 0.25) is 0 Å². The highest BCUT2D eigenvalue weighted by molar-refractivity contribution is 5.06. The Balaban J connectivity index is 1.61. The van der Waals surface area contributed by atoms with Gasteiger partial charge in [0.2, 0.25) is 0 Å². The molecule has 0 aliphatic heterocycles. The quantitative estimate of drug-likeness (QED) is 0.748. The molecule has 2 bridgehead atoms. The van der Waals surface area contributed by atoms with E-state index in [1.54, 1.807) is 7.11 Å². The predicted molar refractivity (Wildman–Crippen MR) is 84.2 cm³/mol. The molecule has 4 nitrogen and oxygen atoms in total. The summed E-state index contributed by atoms with van der Waals surface area (Å²) in [5, 5.41) is 7.95. The Hall–Kier alpha value is -0.870. The third-order valence-electron chi connectivity index (χ3n) is 5.86. The van der Waals surface area contributed by atoms with Crippen LogP contribution in [0.1, 0.15) is 37.8 Å². The Kier molecular flexibility index (Phi) is 4.65. The fraction of sp³-hybridized carbons (Fsp3) is 0.824. The molecule has 0 aromatic carbocycles. The minimum atomic E-state index is 0.515. The number of ether oxygens (including phenoxy) is 1. The fourth-order valence-electron chi connectivity index (χ4n) is 4.70. The third kappa shape index (κ3) is 3.16. The molecular formula is C17H29N3O. The van der Waals surface area contributed by atoms with E-state index in [0.29, 0.717) is 5.41 Å². The van der Waals surface area contributed by atoms with Crippen LogP contribution in [0, 0.1) is 17.3 Å². The molecule has 4 heteroatoms. The van der Waals surface area contributed by atoms with Crippen LogP contribution in [0.25, 0.3) is 0 Å². The average Bonchev–Trinajstić information content (AvgIpc) is 3.18. The summed E-state index contributed by atoms with van der Waals surface area (Å²) < 4.78 is 7.19. The molecule has 3 rings (SSSR count). The van der Waals surface area contributed by atoms with Gasteiger partial charge in [-0.2, -0.15) is 5.10 Å². The average molecular weight is 291 g/mol. The number of methoxy groups -OCH3 is 1. The fourth-order valence-corrected chi connectivity index (χ4v) is 4.70. The van der Waals surface area contributed by atoms with E-state index in [0.717, 1.165) is 38.0 Å². The SMILES string of the molecule is COCCNCC1(CCc2ccnn2C)CC2CCC1C2. The molecule has 0 saturated heterocycles. The molecule has 1 heterocycles. The molecule has 3 unspecified atom stereocenters. The number of aryl methyl sites for hydroxylation is 2. The van der Waals surface area contributed by atoms with Gasteiger partial charge >= 0.3 is 0 Å². The molecule has 0 amide bonds. The standard InChI is InChI=1S/C17H29N3O/c1-20-16(6-8-19-20)5-7-17(13-18-9-10-21-2)12-14-3-4-15(17)11-14/h6,8,14-15,18H,3-5,7,9-13H2,1-2H3. The van der Waals surface area contributed by atoms with Crippen molar-refractivity contribution in [1.29, 1.82) is 0 Å². The first-order valence-corrected chi connectivity index (χ1v) is 8.40. The van der Waals surface area contributed by atoms with E-state index in [1.807, 2.05) is 10.9 Å². The molecule has 1 aromatic heterocycles. The maximum absolute atomic E-state index is 5.16. The van der Waals surface area contributed by atoms with Crippen molar-refractivity contribution in [3.8, 4) is 0 Å². The smallest absolute Gasteiger partial charge is 0.0587 e. The number of hydrogen-bond acceptors (Lipinski definition) is 3. The number of aromatic nitrogens is 2. The second kappa shape index (κ2) is 6.49. The van der Waals surface area contributed by atoms with Crippen LogP contribution in [0.3, 0.4) is 0 Å². The van der Waals surface area contributed by atoms with Crippen molar-refractivity contribution in [1.82, 2.24) is 15.1 Å². The first-order valence-electron chi connectivity index (χ1n) is 8.40. The molecule has 1 aromatic rings. The zero-order chi connectivity index (χ0) is 14.7. The van der Waals surface area contributed by atoms with E-state index in [-0.39, 0.29) is 0 Å². The van der Waals surface area contributed by atoms with Gasteiger partial charge in [-0.1, -0.05) is 6.42 Å². The Morgan fingerprint density at radius 2 is 2.38 bits per heavy atom. The van der Waals surface area contributed by atoms with Gasteiger partial charge in [-0.05, 0) is 55.4 Å². The van der Waals surface area contributed by atoms with Crippen molar-refractivity contribution < 1.29 is 4.74 Å². The molecule has 118 valence electrons. The summed E-state index contributed by atoms with van der Waals surface area (Å²) in [5.41, 5.74) is 1.88. The lowest BCUT2D eigenvalue weighted by Gasteiger charge is -2.38. The van der Waals surface area contributed by atoms with E-state index in [4.69, 9.17) is 4.74 Å². The van der Waals surface area contributed by atoms with Crippen LogP contribution in [0.15, 0.2) is 12.3 Å². The summed E-state index contributed by atoms with van der Waals surface area (Å²) in [7, 11) is 3.83. The first kappa shape index (κ1) is 15.0. The second-order valence-electron chi connectivity index (χ2n) is 7.06. The van der Waals surface area contributed by atoms with Gasteiger partial charge in [0, 0.05) is 39.1 Å². The van der Waals surface area contributed by atoms with E-state index in [9.17, 15) is 0 Å². The maximum atomic E-state index is 5.16.